The molecular formula is C18H22N2O. The molecule has 0 spiro atoms. The van der Waals surface area contributed by atoms with Crippen LogP contribution in [0.2, 0.25) is 0 Å². The monoisotopic (exact) mass is 282 g/mol. The van der Waals surface area contributed by atoms with Gasteiger partial charge in [0.25, 0.3) is 5.91 Å². The maximum absolute atomic E-state index is 12.4. The molecule has 0 bridgehead atoms. The molecule has 0 radical (unpaired) electrons. The third-order valence-electron chi connectivity index (χ3n) is 4.05. The molecule has 2 rings (SSSR count). The van der Waals surface area contributed by atoms with Gasteiger partial charge < -0.3 is 5.32 Å². The zero-order valence-corrected chi connectivity index (χ0v) is 12.6. The molecule has 1 aromatic rings. The van der Waals surface area contributed by atoms with Crippen molar-refractivity contribution in [2.24, 2.45) is 0 Å². The molecule has 1 fully saturated rings. The van der Waals surface area contributed by atoms with Crippen LogP contribution in [0, 0.1) is 11.3 Å². The fraction of sp³-hybridized carbons (Fsp3) is 0.444. The fourth-order valence-corrected chi connectivity index (χ4v) is 2.83. The quantitative estimate of drug-likeness (QED) is 0.508. The molecule has 1 N–H and O–H groups in total. The highest BCUT2D eigenvalue weighted by Gasteiger charge is 2.17. The van der Waals surface area contributed by atoms with Crippen LogP contribution in [0.1, 0.15) is 51.0 Å². The van der Waals surface area contributed by atoms with Gasteiger partial charge in [-0.3, -0.25) is 4.79 Å². The predicted octanol–water partition coefficient (Wildman–Crippen LogP) is 4.36. The second-order valence-electron chi connectivity index (χ2n) is 5.47. The number of carbonyl (C=O) groups is 1. The van der Waals surface area contributed by atoms with E-state index in [2.05, 4.69) is 18.3 Å². The molecule has 0 saturated heterocycles. The number of nitrogens with zero attached hydrogens (tertiary/aromatic N) is 1. The molecule has 110 valence electrons. The number of aryl methyl sites for hydroxylation is 1. The number of anilines is 1. The number of hydrogen-bond acceptors (Lipinski definition) is 2. The van der Waals surface area contributed by atoms with Crippen LogP contribution in [0.3, 0.4) is 0 Å². The number of nitriles is 1. The van der Waals surface area contributed by atoms with E-state index in [9.17, 15) is 10.1 Å². The Labute approximate surface area is 126 Å². The summed E-state index contributed by atoms with van der Waals surface area (Å²) in [6, 6.07) is 9.88. The van der Waals surface area contributed by atoms with Crippen molar-refractivity contribution >= 4 is 11.6 Å². The second kappa shape index (κ2) is 7.64. The fourth-order valence-electron chi connectivity index (χ4n) is 2.83. The van der Waals surface area contributed by atoms with Crippen molar-refractivity contribution < 1.29 is 4.79 Å². The van der Waals surface area contributed by atoms with E-state index >= 15 is 0 Å². The highest BCUT2D eigenvalue weighted by Crippen LogP contribution is 2.26. The van der Waals surface area contributed by atoms with Gasteiger partial charge in [0.1, 0.15) is 11.6 Å². The summed E-state index contributed by atoms with van der Waals surface area (Å²) >= 11 is 0. The first kappa shape index (κ1) is 15.3. The van der Waals surface area contributed by atoms with Crippen molar-refractivity contribution in [3.05, 3.63) is 41.0 Å². The normalized spacial score (nSPS) is 15.0. The number of carbonyl (C=O) groups excluding carboxylic acids is 1. The molecule has 1 saturated carbocycles. The number of para-hydroxylation sites is 1. The average molecular weight is 282 g/mol. The molecule has 0 aromatic heterocycles. The largest absolute Gasteiger partial charge is 0.321 e. The van der Waals surface area contributed by atoms with Gasteiger partial charge in [-0.1, -0.05) is 38.0 Å². The molecule has 3 heteroatoms. The minimum Gasteiger partial charge on any atom is -0.321 e. The van der Waals surface area contributed by atoms with E-state index in [-0.39, 0.29) is 5.91 Å². The maximum atomic E-state index is 12.4. The zero-order valence-electron chi connectivity index (χ0n) is 12.6. The number of hydrogen-bond donors (Lipinski definition) is 1. The number of amides is 1. The Bertz CT molecular complexity index is 571. The lowest BCUT2D eigenvalue weighted by Crippen LogP contribution is -2.16. The zero-order chi connectivity index (χ0) is 15.1. The standard InChI is InChI=1S/C18H22N2O/c1-2-14-9-7-8-12-17(14)20-18(21)16(13-19)15-10-5-3-4-6-11-15/h7-9,12H,2-6,10-11H2,1H3,(H,20,21). The van der Waals surface area contributed by atoms with E-state index in [1.165, 1.54) is 12.8 Å². The summed E-state index contributed by atoms with van der Waals surface area (Å²) in [6.07, 6.45) is 7.18. The summed E-state index contributed by atoms with van der Waals surface area (Å²) in [7, 11) is 0. The minimum atomic E-state index is -0.254. The Morgan fingerprint density at radius 2 is 1.86 bits per heavy atom. The number of nitrogens with one attached hydrogen (secondary N) is 1. The van der Waals surface area contributed by atoms with Crippen molar-refractivity contribution in [2.75, 3.05) is 5.32 Å². The van der Waals surface area contributed by atoms with Crippen molar-refractivity contribution in [3.63, 3.8) is 0 Å². The molecule has 1 aliphatic carbocycles. The van der Waals surface area contributed by atoms with Crippen LogP contribution >= 0.6 is 0 Å². The van der Waals surface area contributed by atoms with Gasteiger partial charge in [0, 0.05) is 5.69 Å². The van der Waals surface area contributed by atoms with Crippen LogP contribution in [0.15, 0.2) is 35.4 Å². The Morgan fingerprint density at radius 3 is 2.48 bits per heavy atom. The highest BCUT2D eigenvalue weighted by atomic mass is 16.1. The first-order valence-electron chi connectivity index (χ1n) is 7.77. The molecule has 1 amide bonds. The van der Waals surface area contributed by atoms with E-state index < -0.39 is 0 Å². The molecule has 0 atom stereocenters. The molecule has 3 nitrogen and oxygen atoms in total. The van der Waals surface area contributed by atoms with Gasteiger partial charge in [0.05, 0.1) is 0 Å². The van der Waals surface area contributed by atoms with Crippen LogP contribution in [-0.2, 0) is 11.2 Å². The summed E-state index contributed by atoms with van der Waals surface area (Å²) in [5.41, 5.74) is 3.25. The number of benzene rings is 1. The van der Waals surface area contributed by atoms with E-state index in [0.29, 0.717) is 5.57 Å². The lowest BCUT2D eigenvalue weighted by Gasteiger charge is -2.11. The third kappa shape index (κ3) is 3.95. The van der Waals surface area contributed by atoms with E-state index in [1.54, 1.807) is 0 Å². The maximum Gasteiger partial charge on any atom is 0.266 e. The first-order chi connectivity index (χ1) is 10.3. The van der Waals surface area contributed by atoms with Gasteiger partial charge >= 0.3 is 0 Å². The molecule has 0 aliphatic heterocycles. The predicted molar refractivity (Wildman–Crippen MR) is 84.8 cm³/mol. The van der Waals surface area contributed by atoms with Gasteiger partial charge in [0.15, 0.2) is 0 Å². The lowest BCUT2D eigenvalue weighted by atomic mass is 10.0. The summed E-state index contributed by atoms with van der Waals surface area (Å²) < 4.78 is 0. The van der Waals surface area contributed by atoms with Crippen LogP contribution < -0.4 is 5.32 Å². The topological polar surface area (TPSA) is 52.9 Å². The summed E-state index contributed by atoms with van der Waals surface area (Å²) in [6.45, 7) is 2.06. The Kier molecular flexibility index (Phi) is 5.57. The van der Waals surface area contributed by atoms with Crippen molar-refractivity contribution in [3.8, 4) is 6.07 Å². The minimum absolute atomic E-state index is 0.254. The third-order valence-corrected chi connectivity index (χ3v) is 4.05. The Morgan fingerprint density at radius 1 is 1.19 bits per heavy atom. The van der Waals surface area contributed by atoms with Crippen molar-refractivity contribution in [1.82, 2.24) is 0 Å². The van der Waals surface area contributed by atoms with Gasteiger partial charge in [-0.25, -0.2) is 0 Å². The number of allylic oxidation sites excluding steroid dienone is 1. The van der Waals surface area contributed by atoms with Gasteiger partial charge in [-0.15, -0.1) is 0 Å². The second-order valence-corrected chi connectivity index (χ2v) is 5.47. The van der Waals surface area contributed by atoms with E-state index in [1.807, 2.05) is 24.3 Å². The van der Waals surface area contributed by atoms with E-state index in [4.69, 9.17) is 0 Å². The van der Waals surface area contributed by atoms with Gasteiger partial charge in [0.2, 0.25) is 0 Å². The number of rotatable bonds is 3. The Hall–Kier alpha value is -2.08. The first-order valence-corrected chi connectivity index (χ1v) is 7.77. The van der Waals surface area contributed by atoms with Crippen molar-refractivity contribution in [2.45, 2.75) is 51.9 Å². The summed E-state index contributed by atoms with van der Waals surface area (Å²) in [4.78, 5) is 12.4. The Balaban J connectivity index is 2.21. The van der Waals surface area contributed by atoms with Crippen LogP contribution in [0.5, 0.6) is 0 Å². The molecule has 0 unspecified atom stereocenters. The van der Waals surface area contributed by atoms with Gasteiger partial charge in [-0.2, -0.15) is 5.26 Å². The summed E-state index contributed by atoms with van der Waals surface area (Å²) in [5, 5.41) is 12.3. The van der Waals surface area contributed by atoms with Crippen LogP contribution in [0.4, 0.5) is 5.69 Å². The molecule has 1 aliphatic rings. The molecule has 1 aromatic carbocycles. The molecular weight excluding hydrogens is 260 g/mol. The van der Waals surface area contributed by atoms with Crippen molar-refractivity contribution in [1.29, 1.82) is 5.26 Å². The van der Waals surface area contributed by atoms with Gasteiger partial charge in [-0.05, 0) is 49.3 Å². The molecule has 21 heavy (non-hydrogen) atoms. The molecule has 0 heterocycles. The SMILES string of the molecule is CCc1ccccc1NC(=O)C(C#N)=C1CCCCCC1. The van der Waals surface area contributed by atoms with E-state index in [0.717, 1.165) is 48.9 Å². The van der Waals surface area contributed by atoms with Crippen LogP contribution in [-0.4, -0.2) is 5.91 Å². The summed E-state index contributed by atoms with van der Waals surface area (Å²) in [5.74, 6) is -0.254. The van der Waals surface area contributed by atoms with Crippen LogP contribution in [0.25, 0.3) is 0 Å². The lowest BCUT2D eigenvalue weighted by molar-refractivity contribution is -0.112. The highest BCUT2D eigenvalue weighted by molar-refractivity contribution is 6.07. The smallest absolute Gasteiger partial charge is 0.266 e. The average Bonchev–Trinajstić information content (AvgIpc) is 2.78.